The van der Waals surface area contributed by atoms with Gasteiger partial charge in [-0.3, -0.25) is 9.78 Å². The van der Waals surface area contributed by atoms with Gasteiger partial charge in [0, 0.05) is 43.8 Å². The summed E-state index contributed by atoms with van der Waals surface area (Å²) in [6.45, 7) is 8.80. The van der Waals surface area contributed by atoms with Crippen LogP contribution >= 0.6 is 0 Å². The highest BCUT2D eigenvalue weighted by Gasteiger charge is 2.36. The van der Waals surface area contributed by atoms with Crippen molar-refractivity contribution < 1.29 is 0 Å². The van der Waals surface area contributed by atoms with E-state index in [-0.39, 0.29) is 17.0 Å². The third-order valence-electron chi connectivity index (χ3n) is 5.35. The maximum atomic E-state index is 12.5. The Morgan fingerprint density at radius 2 is 1.92 bits per heavy atom. The van der Waals surface area contributed by atoms with Crippen molar-refractivity contribution >= 4 is 5.69 Å². The number of nitrogens with zero attached hydrogens (tertiary/aromatic N) is 2. The van der Waals surface area contributed by atoms with Crippen LogP contribution in [0.4, 0.5) is 5.69 Å². The van der Waals surface area contributed by atoms with E-state index in [1.165, 1.54) is 0 Å². The number of hydrogen-bond donors (Lipinski definition) is 2. The van der Waals surface area contributed by atoms with E-state index in [0.717, 1.165) is 30.6 Å². The molecule has 5 heteroatoms. The van der Waals surface area contributed by atoms with Gasteiger partial charge >= 0.3 is 0 Å². The molecule has 25 heavy (non-hydrogen) atoms. The molecule has 1 fully saturated rings. The zero-order chi connectivity index (χ0) is 18.0. The van der Waals surface area contributed by atoms with E-state index in [4.69, 9.17) is 0 Å². The normalized spacial score (nSPS) is 23.0. The summed E-state index contributed by atoms with van der Waals surface area (Å²) in [6.07, 6.45) is 6.44. The lowest BCUT2D eigenvalue weighted by molar-refractivity contribution is 0.244. The van der Waals surface area contributed by atoms with Crippen LogP contribution in [-0.2, 0) is 0 Å². The molecule has 0 aliphatic carbocycles. The van der Waals surface area contributed by atoms with Crippen LogP contribution in [0.5, 0.6) is 0 Å². The van der Waals surface area contributed by atoms with Gasteiger partial charge in [0.15, 0.2) is 0 Å². The van der Waals surface area contributed by atoms with E-state index in [9.17, 15) is 4.79 Å². The summed E-state index contributed by atoms with van der Waals surface area (Å²) in [6, 6.07) is 6.15. The lowest BCUT2D eigenvalue weighted by atomic mass is 9.77. The Kier molecular flexibility index (Phi) is 4.95. The van der Waals surface area contributed by atoms with Crippen LogP contribution in [0.15, 0.2) is 41.6 Å². The predicted molar refractivity (Wildman–Crippen MR) is 103 cm³/mol. The molecule has 2 unspecified atom stereocenters. The number of rotatable bonds is 3. The molecule has 5 nitrogen and oxygen atoms in total. The molecule has 0 spiro atoms. The molecule has 0 radical (unpaired) electrons. The number of nitrogens with one attached hydrogen (secondary N) is 2. The van der Waals surface area contributed by atoms with Gasteiger partial charge in [-0.15, -0.1) is 0 Å². The third-order valence-corrected chi connectivity index (χ3v) is 5.35. The summed E-state index contributed by atoms with van der Waals surface area (Å²) in [5.74, 6) is 0.634. The highest BCUT2D eigenvalue weighted by atomic mass is 16.1. The Balaban J connectivity index is 1.96. The van der Waals surface area contributed by atoms with Crippen LogP contribution in [0.1, 0.15) is 27.2 Å². The van der Waals surface area contributed by atoms with Crippen LogP contribution in [-0.4, -0.2) is 36.1 Å². The Morgan fingerprint density at radius 1 is 1.20 bits per heavy atom. The second-order valence-electron chi connectivity index (χ2n) is 7.92. The van der Waals surface area contributed by atoms with E-state index in [2.05, 4.69) is 41.0 Å². The van der Waals surface area contributed by atoms with Gasteiger partial charge in [-0.05, 0) is 48.1 Å². The van der Waals surface area contributed by atoms with Crippen molar-refractivity contribution in [1.29, 1.82) is 0 Å². The van der Waals surface area contributed by atoms with Gasteiger partial charge in [-0.2, -0.15) is 0 Å². The second-order valence-corrected chi connectivity index (χ2v) is 7.92. The molecule has 1 aliphatic heterocycles. The predicted octanol–water partition coefficient (Wildman–Crippen LogP) is 2.90. The number of pyridine rings is 2. The van der Waals surface area contributed by atoms with Crippen molar-refractivity contribution in [2.24, 2.45) is 11.3 Å². The smallest absolute Gasteiger partial charge is 0.271 e. The molecule has 0 bridgehead atoms. The Morgan fingerprint density at radius 3 is 2.64 bits per heavy atom. The summed E-state index contributed by atoms with van der Waals surface area (Å²) in [5.41, 5.74) is 2.83. The number of aromatic nitrogens is 2. The van der Waals surface area contributed by atoms with Crippen LogP contribution in [0.25, 0.3) is 11.1 Å². The molecule has 3 rings (SSSR count). The van der Waals surface area contributed by atoms with Gasteiger partial charge in [0.2, 0.25) is 0 Å². The first-order valence-electron chi connectivity index (χ1n) is 8.95. The molecule has 0 saturated carbocycles. The topological polar surface area (TPSA) is 61.0 Å². The van der Waals surface area contributed by atoms with Gasteiger partial charge in [0.05, 0.1) is 0 Å². The number of H-pyrrole nitrogens is 1. The zero-order valence-corrected chi connectivity index (χ0v) is 15.5. The molecule has 3 heterocycles. The number of anilines is 1. The molecular weight excluding hydrogens is 312 g/mol. The van der Waals surface area contributed by atoms with E-state index in [1.54, 1.807) is 18.6 Å². The van der Waals surface area contributed by atoms with Crippen molar-refractivity contribution in [3.8, 4) is 11.1 Å². The fourth-order valence-corrected chi connectivity index (χ4v) is 4.12. The first kappa shape index (κ1) is 17.7. The molecule has 1 saturated heterocycles. The van der Waals surface area contributed by atoms with E-state index in [1.807, 2.05) is 25.2 Å². The highest BCUT2D eigenvalue weighted by Crippen LogP contribution is 2.35. The fourth-order valence-electron chi connectivity index (χ4n) is 4.12. The molecule has 1 aliphatic rings. The van der Waals surface area contributed by atoms with Crippen molar-refractivity contribution in [2.45, 2.75) is 33.2 Å². The average molecular weight is 340 g/mol. The highest BCUT2D eigenvalue weighted by molar-refractivity contribution is 5.66. The van der Waals surface area contributed by atoms with E-state index in [0.29, 0.717) is 11.6 Å². The summed E-state index contributed by atoms with van der Waals surface area (Å²) in [4.78, 5) is 21.6. The Bertz CT molecular complexity index is 769. The molecule has 134 valence electrons. The number of likely N-dealkylation sites (N-methyl/N-ethyl adjacent to an activating group) is 1. The van der Waals surface area contributed by atoms with Gasteiger partial charge in [0.1, 0.15) is 5.69 Å². The van der Waals surface area contributed by atoms with E-state index < -0.39 is 0 Å². The molecule has 2 N–H and O–H groups in total. The average Bonchev–Trinajstić information content (AvgIpc) is 2.72. The molecule has 0 amide bonds. The van der Waals surface area contributed by atoms with Gasteiger partial charge in [-0.25, -0.2) is 0 Å². The zero-order valence-electron chi connectivity index (χ0n) is 15.5. The monoisotopic (exact) mass is 340 g/mol. The number of hydrogen-bond acceptors (Lipinski definition) is 4. The van der Waals surface area contributed by atoms with Crippen LogP contribution in [0.3, 0.4) is 0 Å². The molecule has 2 aromatic heterocycles. The lowest BCUT2D eigenvalue weighted by Gasteiger charge is -2.40. The number of aromatic amines is 1. The second kappa shape index (κ2) is 7.00. The summed E-state index contributed by atoms with van der Waals surface area (Å²) >= 11 is 0. The van der Waals surface area contributed by atoms with Crippen molar-refractivity contribution in [1.82, 2.24) is 15.3 Å². The lowest BCUT2D eigenvalue weighted by Crippen LogP contribution is -2.49. The van der Waals surface area contributed by atoms with Crippen molar-refractivity contribution in [3.63, 3.8) is 0 Å². The van der Waals surface area contributed by atoms with Crippen LogP contribution < -0.4 is 15.8 Å². The van der Waals surface area contributed by atoms with Crippen LogP contribution in [0, 0.1) is 11.3 Å². The largest absolute Gasteiger partial charge is 0.365 e. The minimum atomic E-state index is -0.0478. The first-order valence-corrected chi connectivity index (χ1v) is 8.95. The molecule has 2 atom stereocenters. The summed E-state index contributed by atoms with van der Waals surface area (Å²) < 4.78 is 0. The maximum absolute atomic E-state index is 12.5. The van der Waals surface area contributed by atoms with Gasteiger partial charge < -0.3 is 15.2 Å². The SMILES string of the molecule is CC1CNCC(N(C)c2cc(-c3ccncc3)c[nH]c2=O)C(C)(C)C1. The summed E-state index contributed by atoms with van der Waals surface area (Å²) in [5, 5.41) is 3.56. The maximum Gasteiger partial charge on any atom is 0.271 e. The van der Waals surface area contributed by atoms with Crippen LogP contribution in [0.2, 0.25) is 0 Å². The minimum absolute atomic E-state index is 0.0478. The molecular formula is C20H28N4O. The minimum Gasteiger partial charge on any atom is -0.365 e. The Labute approximate surface area is 149 Å². The van der Waals surface area contributed by atoms with Gasteiger partial charge in [-0.1, -0.05) is 20.8 Å². The molecule has 0 aromatic carbocycles. The Hall–Kier alpha value is -2.14. The van der Waals surface area contributed by atoms with Crippen molar-refractivity contribution in [2.75, 3.05) is 25.0 Å². The van der Waals surface area contributed by atoms with E-state index >= 15 is 0 Å². The first-order chi connectivity index (χ1) is 11.9. The fraction of sp³-hybridized carbons (Fsp3) is 0.500. The molecule has 2 aromatic rings. The summed E-state index contributed by atoms with van der Waals surface area (Å²) in [7, 11) is 2.03. The third kappa shape index (κ3) is 3.76. The standard InChI is InChI=1S/C20H28N4O/c1-14-10-20(2,3)18(13-22-11-14)24(4)17-9-16(12-23-19(17)25)15-5-7-21-8-6-15/h5-9,12,14,18,22H,10-11,13H2,1-4H3,(H,23,25). The van der Waals surface area contributed by atoms with Gasteiger partial charge in [0.25, 0.3) is 5.56 Å². The quantitative estimate of drug-likeness (QED) is 0.902. The van der Waals surface area contributed by atoms with Crippen molar-refractivity contribution in [3.05, 3.63) is 47.1 Å².